The fraction of sp³-hybridized carbons (Fsp3) is 0.727. The van der Waals surface area contributed by atoms with Crippen LogP contribution >= 0.6 is 0 Å². The summed E-state index contributed by atoms with van der Waals surface area (Å²) in [6, 6.07) is 0. The highest BCUT2D eigenvalue weighted by atomic mass is 16.5. The summed E-state index contributed by atoms with van der Waals surface area (Å²) >= 11 is 0. The third-order valence-electron chi connectivity index (χ3n) is 4.52. The molecule has 25 heavy (non-hydrogen) atoms. The van der Waals surface area contributed by atoms with E-state index in [0.717, 1.165) is 24.5 Å². The summed E-state index contributed by atoms with van der Waals surface area (Å²) in [6.45, 7) is 10.4. The van der Waals surface area contributed by atoms with Crippen LogP contribution in [-0.2, 0) is 4.74 Å². The van der Waals surface area contributed by atoms with Crippen molar-refractivity contribution in [1.29, 1.82) is 0 Å². The van der Waals surface area contributed by atoms with Crippen LogP contribution in [-0.4, -0.2) is 29.0 Å². The highest BCUT2D eigenvalue weighted by molar-refractivity contribution is 5.10. The predicted octanol–water partition coefficient (Wildman–Crippen LogP) is 5.39. The topological polar surface area (TPSA) is 49.7 Å². The molecule has 0 saturated heterocycles. The van der Waals surface area contributed by atoms with Crippen LogP contribution in [0.4, 0.5) is 0 Å². The lowest BCUT2D eigenvalue weighted by atomic mass is 9.97. The van der Waals surface area contributed by atoms with Crippen LogP contribution in [0.3, 0.4) is 0 Å². The Kier molecular flexibility index (Phi) is 14.6. The highest BCUT2D eigenvalue weighted by Gasteiger charge is 2.20. The van der Waals surface area contributed by atoms with Crippen molar-refractivity contribution in [2.45, 2.75) is 85.4 Å². The Bertz CT molecular complexity index is 396. The maximum Gasteiger partial charge on any atom is 0.118 e. The van der Waals surface area contributed by atoms with Crippen LogP contribution in [0.2, 0.25) is 0 Å². The van der Waals surface area contributed by atoms with Gasteiger partial charge in [0.05, 0.1) is 6.10 Å². The molecular formula is C22H40O3. The van der Waals surface area contributed by atoms with Gasteiger partial charge in [0.2, 0.25) is 0 Å². The Morgan fingerprint density at radius 1 is 1.24 bits per heavy atom. The van der Waals surface area contributed by atoms with Gasteiger partial charge >= 0.3 is 0 Å². The molecule has 0 heterocycles. The number of allylic oxidation sites excluding steroid dienone is 4. The molecule has 0 aromatic heterocycles. The molecule has 4 atom stereocenters. The maximum absolute atomic E-state index is 9.85. The lowest BCUT2D eigenvalue weighted by Crippen LogP contribution is -2.12. The van der Waals surface area contributed by atoms with Gasteiger partial charge in [0.15, 0.2) is 0 Å². The van der Waals surface area contributed by atoms with Crippen LogP contribution in [0.15, 0.2) is 36.1 Å². The largest absolute Gasteiger partial charge is 0.491 e. The van der Waals surface area contributed by atoms with Gasteiger partial charge in [0.1, 0.15) is 18.5 Å². The zero-order chi connectivity index (χ0) is 19.1. The average molecular weight is 353 g/mol. The number of hydrogen-bond acceptors (Lipinski definition) is 3. The molecule has 1 fully saturated rings. The molecule has 0 aliphatic heterocycles. The zero-order valence-corrected chi connectivity index (χ0v) is 16.9. The molecule has 3 nitrogen and oxygen atoms in total. The van der Waals surface area contributed by atoms with Crippen LogP contribution in [0.5, 0.6) is 0 Å². The first-order valence-electron chi connectivity index (χ1n) is 9.90. The average Bonchev–Trinajstić information content (AvgIpc) is 3.00. The monoisotopic (exact) mass is 352 g/mol. The molecule has 1 aliphatic carbocycles. The lowest BCUT2D eigenvalue weighted by Gasteiger charge is -2.12. The molecule has 0 aromatic rings. The van der Waals surface area contributed by atoms with Gasteiger partial charge < -0.3 is 14.9 Å². The van der Waals surface area contributed by atoms with Gasteiger partial charge in [0.25, 0.3) is 0 Å². The number of unbranched alkanes of at least 4 members (excludes halogenated alkanes) is 1. The van der Waals surface area contributed by atoms with Gasteiger partial charge in [-0.05, 0) is 57.6 Å². The van der Waals surface area contributed by atoms with Crippen LogP contribution < -0.4 is 0 Å². The van der Waals surface area contributed by atoms with Crippen molar-refractivity contribution in [3.8, 4) is 0 Å². The summed E-state index contributed by atoms with van der Waals surface area (Å²) in [5, 5.41) is 18.5. The Labute approximate surface area is 155 Å². The minimum Gasteiger partial charge on any atom is -0.491 e. The van der Waals surface area contributed by atoms with Gasteiger partial charge in [-0.3, -0.25) is 0 Å². The van der Waals surface area contributed by atoms with Crippen molar-refractivity contribution < 1.29 is 14.9 Å². The van der Waals surface area contributed by atoms with E-state index in [1.54, 1.807) is 0 Å². The predicted molar refractivity (Wildman–Crippen MR) is 107 cm³/mol. The SMILES string of the molecule is C/C=C\C(=C/C)OCC(O)/C=C/[C@@H]1CCCC1C.CCCCC(C)O. The minimum absolute atomic E-state index is 0.0973. The minimum atomic E-state index is -0.516. The molecule has 1 saturated carbocycles. The van der Waals surface area contributed by atoms with Gasteiger partial charge in [-0.25, -0.2) is 0 Å². The number of aliphatic hydroxyl groups excluding tert-OH is 2. The Morgan fingerprint density at radius 3 is 2.40 bits per heavy atom. The third kappa shape index (κ3) is 12.9. The second-order valence-corrected chi connectivity index (χ2v) is 7.02. The number of ether oxygens (including phenoxy) is 1. The first kappa shape index (κ1) is 23.9. The van der Waals surface area contributed by atoms with E-state index in [1.165, 1.54) is 25.7 Å². The standard InChI is InChI=1S/C16H26O2.C6H14O/c1-4-7-16(5-2)18-12-15(17)11-10-14-9-6-8-13(14)3;1-3-4-5-6(2)7/h4-5,7,10-11,13-15,17H,6,8-9,12H2,1-3H3;6-7H,3-5H2,1-2H3/b7-4-,11-10+,16-5+;/t13?,14-,15?;/m0./s1. The molecule has 3 unspecified atom stereocenters. The molecule has 3 heteroatoms. The number of rotatable bonds is 9. The Hall–Kier alpha value is -1.06. The van der Waals surface area contributed by atoms with Crippen LogP contribution in [0.1, 0.15) is 73.1 Å². The van der Waals surface area contributed by atoms with E-state index in [0.29, 0.717) is 12.5 Å². The normalized spacial score (nSPS) is 23.6. The Balaban J connectivity index is 0.000000697. The van der Waals surface area contributed by atoms with Crippen LogP contribution in [0.25, 0.3) is 0 Å². The van der Waals surface area contributed by atoms with Gasteiger partial charge in [-0.2, -0.15) is 0 Å². The summed E-state index contributed by atoms with van der Waals surface area (Å²) in [5.74, 6) is 2.19. The van der Waals surface area contributed by atoms with E-state index in [9.17, 15) is 5.11 Å². The summed E-state index contributed by atoms with van der Waals surface area (Å²) in [7, 11) is 0. The first-order valence-corrected chi connectivity index (χ1v) is 9.90. The molecule has 146 valence electrons. The molecule has 0 amide bonds. The molecule has 1 rings (SSSR count). The number of hydrogen-bond donors (Lipinski definition) is 2. The third-order valence-corrected chi connectivity index (χ3v) is 4.52. The van der Waals surface area contributed by atoms with E-state index in [-0.39, 0.29) is 6.10 Å². The summed E-state index contributed by atoms with van der Waals surface area (Å²) in [5.41, 5.74) is 0. The molecule has 2 N–H and O–H groups in total. The fourth-order valence-electron chi connectivity index (χ4n) is 2.86. The second-order valence-electron chi connectivity index (χ2n) is 7.02. The molecule has 0 radical (unpaired) electrons. The summed E-state index contributed by atoms with van der Waals surface area (Å²) < 4.78 is 5.51. The van der Waals surface area contributed by atoms with Crippen molar-refractivity contribution in [3.63, 3.8) is 0 Å². The summed E-state index contributed by atoms with van der Waals surface area (Å²) in [6.07, 6.45) is 16.3. The van der Waals surface area contributed by atoms with Gasteiger partial charge in [-0.15, -0.1) is 0 Å². The first-order chi connectivity index (χ1) is 11.9. The molecular weight excluding hydrogens is 312 g/mol. The van der Waals surface area contributed by atoms with Crippen molar-refractivity contribution in [1.82, 2.24) is 0 Å². The van der Waals surface area contributed by atoms with Crippen molar-refractivity contribution in [2.75, 3.05) is 6.61 Å². The molecule has 1 aliphatic rings. The molecule has 0 bridgehead atoms. The van der Waals surface area contributed by atoms with Crippen molar-refractivity contribution >= 4 is 0 Å². The molecule has 0 aromatic carbocycles. The van der Waals surface area contributed by atoms with Gasteiger partial charge in [-0.1, -0.05) is 57.8 Å². The highest BCUT2D eigenvalue weighted by Crippen LogP contribution is 2.32. The van der Waals surface area contributed by atoms with Gasteiger partial charge in [0, 0.05) is 0 Å². The zero-order valence-electron chi connectivity index (χ0n) is 16.9. The van der Waals surface area contributed by atoms with E-state index < -0.39 is 6.10 Å². The van der Waals surface area contributed by atoms with E-state index >= 15 is 0 Å². The smallest absolute Gasteiger partial charge is 0.118 e. The second kappa shape index (κ2) is 15.2. The van der Waals surface area contributed by atoms with E-state index in [2.05, 4.69) is 19.9 Å². The van der Waals surface area contributed by atoms with E-state index in [1.807, 2.05) is 45.1 Å². The summed E-state index contributed by atoms with van der Waals surface area (Å²) in [4.78, 5) is 0. The number of aliphatic hydroxyl groups is 2. The lowest BCUT2D eigenvalue weighted by molar-refractivity contribution is 0.106. The van der Waals surface area contributed by atoms with E-state index in [4.69, 9.17) is 9.84 Å². The molecule has 0 spiro atoms. The van der Waals surface area contributed by atoms with Crippen molar-refractivity contribution in [2.24, 2.45) is 11.8 Å². The van der Waals surface area contributed by atoms with Crippen LogP contribution in [0, 0.1) is 11.8 Å². The Morgan fingerprint density at radius 2 is 1.96 bits per heavy atom. The maximum atomic E-state index is 9.85. The van der Waals surface area contributed by atoms with Crippen molar-refractivity contribution in [3.05, 3.63) is 36.1 Å². The quantitative estimate of drug-likeness (QED) is 0.332. The fourth-order valence-corrected chi connectivity index (χ4v) is 2.86.